The number of hydrogen-bond acceptors (Lipinski definition) is 5. The van der Waals surface area contributed by atoms with Gasteiger partial charge in [0.15, 0.2) is 0 Å². The molecule has 0 spiro atoms. The summed E-state index contributed by atoms with van der Waals surface area (Å²) in [5.41, 5.74) is 5.22. The number of para-hydroxylation sites is 1. The molecule has 0 atom stereocenters. The Labute approximate surface area is 211 Å². The molecule has 7 heteroatoms. The molecule has 7 nitrogen and oxygen atoms in total. The molecule has 0 saturated carbocycles. The lowest BCUT2D eigenvalue weighted by atomic mass is 9.95. The standard InChI is InChI=1S/C29H32N4O3/c1-36-26-8-4-3-7-23(26)22-13-14-25(27-24(22)19-31-29(27)35)32-28(34)20-9-11-21(12-10-20)30-15-18-33-16-5-2-6-17-33/h3-4,7-14,30H,2,5-6,15-19H2,1H3,(H,31,35)(H,32,34). The normalized spacial score (nSPS) is 15.2. The van der Waals surface area contributed by atoms with Gasteiger partial charge in [-0.15, -0.1) is 0 Å². The van der Waals surface area contributed by atoms with Crippen LogP contribution in [0.1, 0.15) is 45.5 Å². The number of piperidine rings is 1. The van der Waals surface area contributed by atoms with Crippen LogP contribution in [0.2, 0.25) is 0 Å². The van der Waals surface area contributed by atoms with E-state index < -0.39 is 0 Å². The summed E-state index contributed by atoms with van der Waals surface area (Å²) in [5.74, 6) is 0.299. The molecule has 2 heterocycles. The van der Waals surface area contributed by atoms with E-state index in [0.29, 0.717) is 23.4 Å². The third-order valence-electron chi connectivity index (χ3n) is 6.96. The lowest BCUT2D eigenvalue weighted by Gasteiger charge is -2.26. The van der Waals surface area contributed by atoms with Crippen molar-refractivity contribution in [1.82, 2.24) is 10.2 Å². The monoisotopic (exact) mass is 484 g/mol. The summed E-state index contributed by atoms with van der Waals surface area (Å²) in [7, 11) is 1.63. The number of benzene rings is 3. The van der Waals surface area contributed by atoms with Gasteiger partial charge < -0.3 is 25.6 Å². The lowest BCUT2D eigenvalue weighted by molar-refractivity contribution is 0.0966. The van der Waals surface area contributed by atoms with Crippen molar-refractivity contribution in [3.63, 3.8) is 0 Å². The van der Waals surface area contributed by atoms with E-state index in [2.05, 4.69) is 20.9 Å². The zero-order valence-electron chi connectivity index (χ0n) is 20.6. The van der Waals surface area contributed by atoms with Crippen LogP contribution in [0.15, 0.2) is 60.7 Å². The number of hydrogen-bond donors (Lipinski definition) is 3. The van der Waals surface area contributed by atoms with E-state index in [4.69, 9.17) is 4.74 Å². The van der Waals surface area contributed by atoms with Crippen molar-refractivity contribution in [2.45, 2.75) is 25.8 Å². The van der Waals surface area contributed by atoms with Crippen molar-refractivity contribution in [3.05, 3.63) is 77.4 Å². The second-order valence-electron chi connectivity index (χ2n) is 9.26. The molecule has 2 aliphatic rings. The SMILES string of the molecule is COc1ccccc1-c1ccc(NC(=O)c2ccc(NCCN3CCCCC3)cc2)c2c1CNC2=O. The van der Waals surface area contributed by atoms with Gasteiger partial charge in [-0.25, -0.2) is 0 Å². The van der Waals surface area contributed by atoms with Crippen LogP contribution >= 0.6 is 0 Å². The van der Waals surface area contributed by atoms with Gasteiger partial charge in [0.05, 0.1) is 18.4 Å². The van der Waals surface area contributed by atoms with Gasteiger partial charge in [-0.2, -0.15) is 0 Å². The fourth-order valence-corrected chi connectivity index (χ4v) is 5.05. The van der Waals surface area contributed by atoms with Crippen LogP contribution < -0.4 is 20.7 Å². The molecule has 186 valence electrons. The van der Waals surface area contributed by atoms with Crippen LogP contribution in [-0.2, 0) is 6.54 Å². The molecule has 1 fully saturated rings. The number of methoxy groups -OCH3 is 1. The number of carbonyl (C=O) groups is 2. The van der Waals surface area contributed by atoms with Gasteiger partial charge in [-0.1, -0.05) is 30.7 Å². The van der Waals surface area contributed by atoms with E-state index in [1.165, 1.54) is 32.4 Å². The lowest BCUT2D eigenvalue weighted by Crippen LogP contribution is -2.33. The van der Waals surface area contributed by atoms with Crippen molar-refractivity contribution < 1.29 is 14.3 Å². The Morgan fingerprint density at radius 1 is 0.972 bits per heavy atom. The first-order valence-electron chi connectivity index (χ1n) is 12.6. The smallest absolute Gasteiger partial charge is 0.255 e. The molecule has 0 radical (unpaired) electrons. The third-order valence-corrected chi connectivity index (χ3v) is 6.96. The Hall–Kier alpha value is -3.84. The number of nitrogens with one attached hydrogen (secondary N) is 3. The molecule has 3 N–H and O–H groups in total. The molecular weight excluding hydrogens is 452 g/mol. The summed E-state index contributed by atoms with van der Waals surface area (Å²) < 4.78 is 5.52. The van der Waals surface area contributed by atoms with E-state index in [0.717, 1.165) is 41.2 Å². The zero-order chi connectivity index (χ0) is 24.9. The Balaban J connectivity index is 1.28. The van der Waals surface area contributed by atoms with Crippen molar-refractivity contribution in [2.75, 3.05) is 43.9 Å². The van der Waals surface area contributed by atoms with Gasteiger partial charge in [-0.05, 0) is 73.5 Å². The number of fused-ring (bicyclic) bond motifs is 1. The quantitative estimate of drug-likeness (QED) is 0.430. The molecule has 36 heavy (non-hydrogen) atoms. The van der Waals surface area contributed by atoms with Crippen molar-refractivity contribution in [3.8, 4) is 16.9 Å². The minimum absolute atomic E-state index is 0.190. The van der Waals surface area contributed by atoms with Crippen LogP contribution in [-0.4, -0.2) is 50.0 Å². The maximum Gasteiger partial charge on any atom is 0.255 e. The Morgan fingerprint density at radius 2 is 1.75 bits per heavy atom. The van der Waals surface area contributed by atoms with Gasteiger partial charge >= 0.3 is 0 Å². The van der Waals surface area contributed by atoms with Crippen LogP contribution in [0.3, 0.4) is 0 Å². The van der Waals surface area contributed by atoms with Crippen LogP contribution in [0.25, 0.3) is 11.1 Å². The number of anilines is 2. The zero-order valence-corrected chi connectivity index (χ0v) is 20.6. The Bertz CT molecular complexity index is 1250. The summed E-state index contributed by atoms with van der Waals surface area (Å²) in [5, 5.41) is 9.28. The largest absolute Gasteiger partial charge is 0.496 e. The van der Waals surface area contributed by atoms with Crippen molar-refractivity contribution >= 4 is 23.2 Å². The molecule has 1 saturated heterocycles. The summed E-state index contributed by atoms with van der Waals surface area (Å²) in [4.78, 5) is 28.2. The van der Waals surface area contributed by atoms with E-state index in [-0.39, 0.29) is 11.8 Å². The van der Waals surface area contributed by atoms with Crippen LogP contribution in [0, 0.1) is 0 Å². The highest BCUT2D eigenvalue weighted by molar-refractivity contribution is 6.11. The van der Waals surface area contributed by atoms with Crippen molar-refractivity contribution in [1.29, 1.82) is 0 Å². The number of amides is 2. The highest BCUT2D eigenvalue weighted by Gasteiger charge is 2.27. The first kappa shape index (κ1) is 23.9. The molecule has 2 amide bonds. The Morgan fingerprint density at radius 3 is 2.53 bits per heavy atom. The fourth-order valence-electron chi connectivity index (χ4n) is 5.05. The molecule has 0 aromatic heterocycles. The highest BCUT2D eigenvalue weighted by Crippen LogP contribution is 2.38. The van der Waals surface area contributed by atoms with Gasteiger partial charge in [-0.3, -0.25) is 9.59 Å². The van der Waals surface area contributed by atoms with Gasteiger partial charge in [0.25, 0.3) is 11.8 Å². The number of nitrogens with zero attached hydrogens (tertiary/aromatic N) is 1. The topological polar surface area (TPSA) is 82.7 Å². The molecule has 2 aliphatic heterocycles. The van der Waals surface area contributed by atoms with E-state index >= 15 is 0 Å². The molecule has 5 rings (SSSR count). The average molecular weight is 485 g/mol. The Kier molecular flexibility index (Phi) is 7.18. The molecule has 0 unspecified atom stereocenters. The maximum absolute atomic E-state index is 13.0. The van der Waals surface area contributed by atoms with E-state index in [9.17, 15) is 9.59 Å². The van der Waals surface area contributed by atoms with Crippen LogP contribution in [0.4, 0.5) is 11.4 Å². The van der Waals surface area contributed by atoms with Gasteiger partial charge in [0.2, 0.25) is 0 Å². The third kappa shape index (κ3) is 5.06. The minimum atomic E-state index is -0.248. The number of rotatable bonds is 8. The second kappa shape index (κ2) is 10.8. The predicted molar refractivity (Wildman–Crippen MR) is 143 cm³/mol. The summed E-state index contributed by atoms with van der Waals surface area (Å²) in [6.45, 7) is 4.68. The maximum atomic E-state index is 13.0. The fraction of sp³-hybridized carbons (Fsp3) is 0.310. The number of ether oxygens (including phenoxy) is 1. The first-order chi connectivity index (χ1) is 17.6. The summed E-state index contributed by atoms with van der Waals surface area (Å²) in [6.07, 6.45) is 3.92. The second-order valence-corrected chi connectivity index (χ2v) is 9.26. The minimum Gasteiger partial charge on any atom is -0.496 e. The first-order valence-corrected chi connectivity index (χ1v) is 12.6. The molecule has 3 aromatic rings. The van der Waals surface area contributed by atoms with E-state index in [1.54, 1.807) is 13.2 Å². The average Bonchev–Trinajstić information content (AvgIpc) is 3.32. The molecule has 0 bridgehead atoms. The summed E-state index contributed by atoms with van der Waals surface area (Å²) in [6, 6.07) is 18.9. The molecule has 3 aromatic carbocycles. The van der Waals surface area contributed by atoms with E-state index in [1.807, 2.05) is 54.6 Å². The van der Waals surface area contributed by atoms with Gasteiger partial charge in [0.1, 0.15) is 5.75 Å². The van der Waals surface area contributed by atoms with Gasteiger partial charge in [0, 0.05) is 36.4 Å². The highest BCUT2D eigenvalue weighted by atomic mass is 16.5. The van der Waals surface area contributed by atoms with Crippen LogP contribution in [0.5, 0.6) is 5.75 Å². The number of likely N-dealkylation sites (tertiary alicyclic amines) is 1. The summed E-state index contributed by atoms with van der Waals surface area (Å²) >= 11 is 0. The molecule has 0 aliphatic carbocycles. The number of carbonyl (C=O) groups excluding carboxylic acids is 2. The van der Waals surface area contributed by atoms with Crippen molar-refractivity contribution in [2.24, 2.45) is 0 Å². The molecular formula is C29H32N4O3. The predicted octanol–water partition coefficient (Wildman–Crippen LogP) is 4.76.